The monoisotopic (exact) mass is 343 g/mol. The molecule has 130 valence electrons. The van der Waals surface area contributed by atoms with Gasteiger partial charge in [-0.05, 0) is 52.6 Å². The summed E-state index contributed by atoms with van der Waals surface area (Å²) in [5.41, 5.74) is 5.19. The Morgan fingerprint density at radius 1 is 1.00 bits per heavy atom. The molecule has 5 rings (SSSR count). The van der Waals surface area contributed by atoms with E-state index in [1.54, 1.807) is 7.11 Å². The molecule has 2 heterocycles. The van der Waals surface area contributed by atoms with Crippen molar-refractivity contribution in [2.24, 2.45) is 7.05 Å². The molecule has 0 fully saturated rings. The molecule has 0 saturated carbocycles. The molecule has 0 N–H and O–H groups in total. The van der Waals surface area contributed by atoms with Crippen molar-refractivity contribution in [2.75, 3.05) is 13.7 Å². The van der Waals surface area contributed by atoms with Crippen LogP contribution in [0.2, 0.25) is 0 Å². The number of para-hydroxylation sites is 1. The minimum absolute atomic E-state index is 0.0253. The van der Waals surface area contributed by atoms with Gasteiger partial charge in [-0.25, -0.2) is 0 Å². The van der Waals surface area contributed by atoms with E-state index >= 15 is 0 Å². The Morgan fingerprint density at radius 2 is 1.81 bits per heavy atom. The summed E-state index contributed by atoms with van der Waals surface area (Å²) in [6, 6.07) is 21.4. The molecule has 1 aliphatic rings. The van der Waals surface area contributed by atoms with Gasteiger partial charge in [0.1, 0.15) is 11.9 Å². The van der Waals surface area contributed by atoms with Gasteiger partial charge in [-0.2, -0.15) is 0 Å². The second-order valence-electron chi connectivity index (χ2n) is 6.91. The minimum atomic E-state index is -0.0253. The zero-order chi connectivity index (χ0) is 17.7. The predicted molar refractivity (Wildman–Crippen MR) is 105 cm³/mol. The van der Waals surface area contributed by atoms with Crippen LogP contribution >= 0.6 is 0 Å². The first-order chi connectivity index (χ1) is 12.8. The van der Waals surface area contributed by atoms with Crippen LogP contribution in [0, 0.1) is 0 Å². The molecular weight excluding hydrogens is 322 g/mol. The zero-order valence-corrected chi connectivity index (χ0v) is 15.0. The van der Waals surface area contributed by atoms with Crippen LogP contribution in [-0.4, -0.2) is 18.3 Å². The van der Waals surface area contributed by atoms with Crippen molar-refractivity contribution in [1.82, 2.24) is 4.57 Å². The standard InChI is InChI=1S/C23H21NO2/c1-24-21-6-4-3-5-19(21)20-11-12-26-23(22(20)24)17-8-7-16-14-18(25-2)10-9-15(16)13-17/h3-10,13-14,23H,11-12H2,1-2H3. The lowest BCUT2D eigenvalue weighted by molar-refractivity contribution is 0.0654. The lowest BCUT2D eigenvalue weighted by Gasteiger charge is -2.26. The van der Waals surface area contributed by atoms with Crippen LogP contribution in [0.1, 0.15) is 22.9 Å². The Kier molecular flexibility index (Phi) is 3.50. The number of rotatable bonds is 2. The first-order valence-electron chi connectivity index (χ1n) is 9.02. The van der Waals surface area contributed by atoms with Gasteiger partial charge in [-0.1, -0.05) is 36.4 Å². The van der Waals surface area contributed by atoms with Gasteiger partial charge in [0.25, 0.3) is 0 Å². The Labute approximate surface area is 152 Å². The molecule has 0 amide bonds. The molecule has 3 aromatic carbocycles. The number of ether oxygens (including phenoxy) is 2. The first kappa shape index (κ1) is 15.5. The molecule has 3 heteroatoms. The van der Waals surface area contributed by atoms with Crippen molar-refractivity contribution in [3.8, 4) is 5.75 Å². The Balaban J connectivity index is 1.67. The summed E-state index contributed by atoms with van der Waals surface area (Å²) in [5.74, 6) is 0.884. The quantitative estimate of drug-likeness (QED) is 0.511. The van der Waals surface area contributed by atoms with Crippen LogP contribution in [-0.2, 0) is 18.2 Å². The van der Waals surface area contributed by atoms with Crippen LogP contribution in [0.4, 0.5) is 0 Å². The fourth-order valence-corrected chi connectivity index (χ4v) is 4.23. The lowest BCUT2D eigenvalue weighted by atomic mass is 9.96. The highest BCUT2D eigenvalue weighted by atomic mass is 16.5. The molecule has 1 atom stereocenters. The third-order valence-electron chi connectivity index (χ3n) is 5.52. The maximum absolute atomic E-state index is 6.25. The maximum Gasteiger partial charge on any atom is 0.123 e. The fraction of sp³-hybridized carbons (Fsp3) is 0.217. The second-order valence-corrected chi connectivity index (χ2v) is 6.91. The number of aromatic nitrogens is 1. The van der Waals surface area contributed by atoms with Crippen molar-refractivity contribution in [1.29, 1.82) is 0 Å². The smallest absolute Gasteiger partial charge is 0.123 e. The highest BCUT2D eigenvalue weighted by Gasteiger charge is 2.28. The molecule has 0 spiro atoms. The Hall–Kier alpha value is -2.78. The van der Waals surface area contributed by atoms with E-state index in [-0.39, 0.29) is 6.10 Å². The molecule has 1 unspecified atom stereocenters. The van der Waals surface area contributed by atoms with Crippen molar-refractivity contribution >= 4 is 21.7 Å². The van der Waals surface area contributed by atoms with Gasteiger partial charge in [-0.3, -0.25) is 0 Å². The van der Waals surface area contributed by atoms with E-state index in [1.807, 2.05) is 6.07 Å². The summed E-state index contributed by atoms with van der Waals surface area (Å²) >= 11 is 0. The average Bonchev–Trinajstić information content (AvgIpc) is 3.00. The third-order valence-corrected chi connectivity index (χ3v) is 5.52. The molecule has 4 aromatic rings. The number of hydrogen-bond acceptors (Lipinski definition) is 2. The van der Waals surface area contributed by atoms with Gasteiger partial charge in [0.05, 0.1) is 19.4 Å². The summed E-state index contributed by atoms with van der Waals surface area (Å²) in [7, 11) is 3.85. The van der Waals surface area contributed by atoms with E-state index in [4.69, 9.17) is 9.47 Å². The highest BCUT2D eigenvalue weighted by Crippen LogP contribution is 2.39. The van der Waals surface area contributed by atoms with E-state index in [1.165, 1.54) is 38.5 Å². The van der Waals surface area contributed by atoms with E-state index in [0.29, 0.717) is 0 Å². The molecule has 26 heavy (non-hydrogen) atoms. The second kappa shape index (κ2) is 5.89. The largest absolute Gasteiger partial charge is 0.497 e. The van der Waals surface area contributed by atoms with Crippen LogP contribution < -0.4 is 4.74 Å². The molecule has 0 saturated heterocycles. The summed E-state index contributed by atoms with van der Waals surface area (Å²) in [6.45, 7) is 0.756. The van der Waals surface area contributed by atoms with Crippen LogP contribution in [0.3, 0.4) is 0 Å². The van der Waals surface area contributed by atoms with Gasteiger partial charge in [0.2, 0.25) is 0 Å². The summed E-state index contributed by atoms with van der Waals surface area (Å²) < 4.78 is 13.9. The summed E-state index contributed by atoms with van der Waals surface area (Å²) in [5, 5.41) is 3.74. The van der Waals surface area contributed by atoms with E-state index in [2.05, 4.69) is 66.2 Å². The predicted octanol–water partition coefficient (Wildman–Crippen LogP) is 5.00. The molecule has 1 aromatic heterocycles. The molecule has 0 aliphatic carbocycles. The zero-order valence-electron chi connectivity index (χ0n) is 15.0. The Bertz CT molecular complexity index is 1130. The summed E-state index contributed by atoms with van der Waals surface area (Å²) in [4.78, 5) is 0. The first-order valence-corrected chi connectivity index (χ1v) is 9.02. The molecule has 1 aliphatic heterocycles. The average molecular weight is 343 g/mol. The maximum atomic E-state index is 6.25. The topological polar surface area (TPSA) is 23.4 Å². The van der Waals surface area contributed by atoms with E-state index in [9.17, 15) is 0 Å². The molecular formula is C23H21NO2. The lowest BCUT2D eigenvalue weighted by Crippen LogP contribution is -2.19. The van der Waals surface area contributed by atoms with Crippen LogP contribution in [0.25, 0.3) is 21.7 Å². The van der Waals surface area contributed by atoms with Gasteiger partial charge >= 0.3 is 0 Å². The summed E-state index contributed by atoms with van der Waals surface area (Å²) in [6.07, 6.45) is 0.945. The van der Waals surface area contributed by atoms with E-state index in [0.717, 1.165) is 18.8 Å². The van der Waals surface area contributed by atoms with Crippen molar-refractivity contribution in [2.45, 2.75) is 12.5 Å². The van der Waals surface area contributed by atoms with E-state index < -0.39 is 0 Å². The third kappa shape index (κ3) is 2.24. The SMILES string of the molecule is COc1ccc2cc(C3OCCc4c3n(C)c3ccccc43)ccc2c1. The molecule has 3 nitrogen and oxygen atoms in total. The number of methoxy groups -OCH3 is 1. The normalized spacial score (nSPS) is 16.8. The molecule has 0 radical (unpaired) electrons. The van der Waals surface area contributed by atoms with Gasteiger partial charge < -0.3 is 14.0 Å². The fourth-order valence-electron chi connectivity index (χ4n) is 4.23. The van der Waals surface area contributed by atoms with Crippen molar-refractivity contribution < 1.29 is 9.47 Å². The van der Waals surface area contributed by atoms with Crippen molar-refractivity contribution in [3.05, 3.63) is 77.5 Å². The number of hydrogen-bond donors (Lipinski definition) is 0. The van der Waals surface area contributed by atoms with Crippen LogP contribution in [0.15, 0.2) is 60.7 Å². The molecule has 0 bridgehead atoms. The number of nitrogens with zero attached hydrogens (tertiary/aromatic N) is 1. The number of benzene rings is 3. The van der Waals surface area contributed by atoms with Gasteiger partial charge in [0, 0.05) is 18.0 Å². The van der Waals surface area contributed by atoms with Crippen LogP contribution in [0.5, 0.6) is 5.75 Å². The van der Waals surface area contributed by atoms with Gasteiger partial charge in [-0.15, -0.1) is 0 Å². The Morgan fingerprint density at radius 3 is 2.69 bits per heavy atom. The number of fused-ring (bicyclic) bond motifs is 4. The van der Waals surface area contributed by atoms with Crippen molar-refractivity contribution in [3.63, 3.8) is 0 Å². The van der Waals surface area contributed by atoms with Gasteiger partial charge in [0.15, 0.2) is 0 Å². The number of aryl methyl sites for hydroxylation is 1. The minimum Gasteiger partial charge on any atom is -0.497 e. The highest BCUT2D eigenvalue weighted by molar-refractivity contribution is 5.87.